The van der Waals surface area contributed by atoms with Gasteiger partial charge >= 0.3 is 23.9 Å². The van der Waals surface area contributed by atoms with Crippen LogP contribution in [-0.4, -0.2) is 74.5 Å². The minimum absolute atomic E-state index is 0.336. The molecule has 0 radical (unpaired) electrons. The highest BCUT2D eigenvalue weighted by Gasteiger charge is 2.51. The van der Waals surface area contributed by atoms with Crippen LogP contribution < -0.4 is 4.74 Å². The molecule has 1 aromatic carbocycles. The predicted molar refractivity (Wildman–Crippen MR) is 113 cm³/mol. The largest absolute Gasteiger partial charge is 0.497 e. The average molecular weight is 465 g/mol. The van der Waals surface area contributed by atoms with Gasteiger partial charge in [0.05, 0.1) is 7.11 Å². The Bertz CT molecular complexity index is 882. The van der Waals surface area contributed by atoms with Crippen molar-refractivity contribution in [2.75, 3.05) is 13.7 Å². The highest BCUT2D eigenvalue weighted by atomic mass is 16.7. The minimum atomic E-state index is -1.31. The van der Waals surface area contributed by atoms with Crippen LogP contribution in [0.15, 0.2) is 29.3 Å². The monoisotopic (exact) mass is 465 g/mol. The first-order valence-corrected chi connectivity index (χ1v) is 10.1. The van der Waals surface area contributed by atoms with Crippen LogP contribution in [0.5, 0.6) is 5.75 Å². The summed E-state index contributed by atoms with van der Waals surface area (Å²) in [6.07, 6.45) is -3.31. The van der Waals surface area contributed by atoms with Gasteiger partial charge in [0.2, 0.25) is 6.29 Å². The third-order valence-corrected chi connectivity index (χ3v) is 4.46. The van der Waals surface area contributed by atoms with Crippen LogP contribution in [0.3, 0.4) is 0 Å². The van der Waals surface area contributed by atoms with Gasteiger partial charge in [-0.05, 0) is 29.8 Å². The molecule has 1 heterocycles. The lowest BCUT2D eigenvalue weighted by Gasteiger charge is -2.42. The molecule has 0 amide bonds. The molecule has 1 aliphatic heterocycles. The zero-order valence-corrected chi connectivity index (χ0v) is 19.0. The summed E-state index contributed by atoms with van der Waals surface area (Å²) in [5.41, 5.74) is 0.671. The van der Waals surface area contributed by atoms with Gasteiger partial charge in [0.15, 0.2) is 18.2 Å². The van der Waals surface area contributed by atoms with Gasteiger partial charge < -0.3 is 28.4 Å². The van der Waals surface area contributed by atoms with Crippen LogP contribution in [0.1, 0.15) is 33.3 Å². The Morgan fingerprint density at radius 3 is 1.97 bits per heavy atom. The number of methoxy groups -OCH3 is 1. The van der Waals surface area contributed by atoms with Gasteiger partial charge in [0.25, 0.3) is 0 Å². The first-order valence-electron chi connectivity index (χ1n) is 10.1. The fourth-order valence-electron chi connectivity index (χ4n) is 3.17. The molecule has 33 heavy (non-hydrogen) atoms. The van der Waals surface area contributed by atoms with Crippen molar-refractivity contribution in [2.24, 2.45) is 4.99 Å². The SMILES string of the molecule is COc1ccc(/C=N/C2C(OC(C)=O)[C@H](OC(C)=O)C(COC(C)=O)O[C@H]2OC(C)=O)cc1. The molecule has 11 heteroatoms. The van der Waals surface area contributed by atoms with Crippen molar-refractivity contribution in [2.45, 2.75) is 58.3 Å². The number of benzene rings is 1. The molecule has 0 aromatic heterocycles. The zero-order chi connectivity index (χ0) is 24.5. The summed E-state index contributed by atoms with van der Waals surface area (Å²) in [7, 11) is 1.54. The van der Waals surface area contributed by atoms with Crippen LogP contribution >= 0.6 is 0 Å². The van der Waals surface area contributed by atoms with Crippen LogP contribution in [0, 0.1) is 0 Å². The van der Waals surface area contributed by atoms with E-state index >= 15 is 0 Å². The summed E-state index contributed by atoms with van der Waals surface area (Å²) in [5.74, 6) is -2.00. The second kappa shape index (κ2) is 12.0. The maximum atomic E-state index is 11.9. The predicted octanol–water partition coefficient (Wildman–Crippen LogP) is 1.20. The van der Waals surface area contributed by atoms with Crippen molar-refractivity contribution in [3.8, 4) is 5.75 Å². The molecular formula is C22H27NO10. The molecule has 1 fully saturated rings. The maximum Gasteiger partial charge on any atom is 0.305 e. The van der Waals surface area contributed by atoms with E-state index in [1.165, 1.54) is 41.0 Å². The Kier molecular flexibility index (Phi) is 9.34. The smallest absolute Gasteiger partial charge is 0.305 e. The number of nitrogens with zero attached hydrogens (tertiary/aromatic N) is 1. The topological polar surface area (TPSA) is 136 Å². The van der Waals surface area contributed by atoms with Gasteiger partial charge in [-0.25, -0.2) is 0 Å². The second-order valence-electron chi connectivity index (χ2n) is 7.14. The fraction of sp³-hybridized carbons (Fsp3) is 0.500. The number of rotatable bonds is 8. The Morgan fingerprint density at radius 1 is 0.879 bits per heavy atom. The number of hydrogen-bond acceptors (Lipinski definition) is 11. The van der Waals surface area contributed by atoms with E-state index in [2.05, 4.69) is 4.99 Å². The molecule has 11 nitrogen and oxygen atoms in total. The standard InChI is InChI=1S/C22H27NO10/c1-12(24)29-11-18-20(30-13(2)25)21(31-14(3)26)19(22(33-18)32-15(4)27)23-10-16-6-8-17(28-5)9-7-16/h6-10,18-22H,11H2,1-5H3/b23-10+/t18?,19?,20-,21?,22-/m1/s1. The van der Waals surface area contributed by atoms with Crippen LogP contribution in [0.2, 0.25) is 0 Å². The number of hydrogen-bond donors (Lipinski definition) is 0. The summed E-state index contributed by atoms with van der Waals surface area (Å²) in [4.78, 5) is 51.1. The fourth-order valence-corrected chi connectivity index (χ4v) is 3.17. The van der Waals surface area contributed by atoms with E-state index < -0.39 is 54.5 Å². The van der Waals surface area contributed by atoms with Crippen molar-refractivity contribution < 1.29 is 47.6 Å². The third kappa shape index (κ3) is 7.86. The highest BCUT2D eigenvalue weighted by Crippen LogP contribution is 2.30. The number of carbonyl (C=O) groups is 4. The first-order chi connectivity index (χ1) is 15.6. The first kappa shape index (κ1) is 25.8. The minimum Gasteiger partial charge on any atom is -0.497 e. The summed E-state index contributed by atoms with van der Waals surface area (Å²) >= 11 is 0. The molecule has 0 aliphatic carbocycles. The highest BCUT2D eigenvalue weighted by molar-refractivity contribution is 5.80. The van der Waals surface area contributed by atoms with E-state index in [1.54, 1.807) is 24.3 Å². The van der Waals surface area contributed by atoms with Gasteiger partial charge in [-0.15, -0.1) is 0 Å². The lowest BCUT2D eigenvalue weighted by molar-refractivity contribution is -0.266. The van der Waals surface area contributed by atoms with Crippen molar-refractivity contribution in [1.82, 2.24) is 0 Å². The second-order valence-corrected chi connectivity index (χ2v) is 7.14. The Hall–Kier alpha value is -3.47. The molecule has 180 valence electrons. The number of aliphatic imine (C=N–C) groups is 1. The van der Waals surface area contributed by atoms with Crippen LogP contribution in [0.4, 0.5) is 0 Å². The van der Waals surface area contributed by atoms with E-state index in [0.29, 0.717) is 11.3 Å². The van der Waals surface area contributed by atoms with Crippen molar-refractivity contribution >= 4 is 30.1 Å². The summed E-state index contributed by atoms with van der Waals surface area (Å²) in [5, 5.41) is 0. The Labute approximate surface area is 190 Å². The van der Waals surface area contributed by atoms with Crippen LogP contribution in [0.25, 0.3) is 0 Å². The number of esters is 4. The van der Waals surface area contributed by atoms with Crippen LogP contribution in [-0.2, 0) is 42.9 Å². The quantitative estimate of drug-likeness (QED) is 0.313. The molecule has 3 unspecified atom stereocenters. The van der Waals surface area contributed by atoms with E-state index in [4.69, 9.17) is 28.4 Å². The van der Waals surface area contributed by atoms with Gasteiger partial charge in [0, 0.05) is 33.9 Å². The molecule has 0 saturated carbocycles. The Balaban J connectivity index is 2.45. The maximum absolute atomic E-state index is 11.9. The number of carbonyl (C=O) groups excluding carboxylic acids is 4. The van der Waals surface area contributed by atoms with Crippen molar-refractivity contribution in [1.29, 1.82) is 0 Å². The summed E-state index contributed by atoms with van der Waals surface area (Å²) < 4.78 is 32.0. The van der Waals surface area contributed by atoms with Gasteiger partial charge in [0.1, 0.15) is 18.5 Å². The van der Waals surface area contributed by atoms with Crippen molar-refractivity contribution in [3.63, 3.8) is 0 Å². The molecule has 2 rings (SSSR count). The number of ether oxygens (including phenoxy) is 6. The van der Waals surface area contributed by atoms with Gasteiger partial charge in [-0.3, -0.25) is 24.2 Å². The van der Waals surface area contributed by atoms with E-state index in [0.717, 1.165) is 0 Å². The lowest BCUT2D eigenvalue weighted by atomic mass is 9.96. The summed E-state index contributed by atoms with van der Waals surface area (Å²) in [6.45, 7) is 4.37. The van der Waals surface area contributed by atoms with Gasteiger partial charge in [-0.1, -0.05) is 0 Å². The molecule has 0 spiro atoms. The van der Waals surface area contributed by atoms with Gasteiger partial charge in [-0.2, -0.15) is 0 Å². The molecule has 1 aromatic rings. The molecular weight excluding hydrogens is 438 g/mol. The van der Waals surface area contributed by atoms with E-state index in [1.807, 2.05) is 0 Å². The van der Waals surface area contributed by atoms with E-state index in [-0.39, 0.29) is 6.61 Å². The zero-order valence-electron chi connectivity index (χ0n) is 19.0. The average Bonchev–Trinajstić information content (AvgIpc) is 2.73. The Morgan fingerprint density at radius 2 is 1.45 bits per heavy atom. The lowest BCUT2D eigenvalue weighted by Crippen LogP contribution is -2.61. The third-order valence-electron chi connectivity index (χ3n) is 4.46. The van der Waals surface area contributed by atoms with Crippen molar-refractivity contribution in [3.05, 3.63) is 29.8 Å². The summed E-state index contributed by atoms with van der Waals surface area (Å²) in [6, 6.07) is 5.84. The molecule has 0 bridgehead atoms. The molecule has 0 N–H and O–H groups in total. The molecule has 1 saturated heterocycles. The molecule has 1 aliphatic rings. The molecule has 5 atom stereocenters. The van der Waals surface area contributed by atoms with E-state index in [9.17, 15) is 19.2 Å². The normalized spacial score (nSPS) is 24.6.